The molecule has 0 spiro atoms. The summed E-state index contributed by atoms with van der Waals surface area (Å²) in [6.45, 7) is 9.80. The SMILES string of the molecule is CCO[Si](OCC)(OCC)OCC.ClOCl.[Zr]. The van der Waals surface area contributed by atoms with Crippen LogP contribution in [0.3, 0.4) is 0 Å². The van der Waals surface area contributed by atoms with Crippen molar-refractivity contribution >= 4 is 32.8 Å². The summed E-state index contributed by atoms with van der Waals surface area (Å²) in [5.74, 6) is 0. The Morgan fingerprint density at radius 3 is 1.00 bits per heavy atom. The van der Waals surface area contributed by atoms with Crippen LogP contribution in [0, 0.1) is 0 Å². The molecular weight excluding hydrogens is 366 g/mol. The smallest absolute Gasteiger partial charge is 0.351 e. The molecule has 17 heavy (non-hydrogen) atoms. The summed E-state index contributed by atoms with van der Waals surface area (Å²) in [6, 6.07) is 0. The quantitative estimate of drug-likeness (QED) is 0.601. The third kappa shape index (κ3) is 13.7. The van der Waals surface area contributed by atoms with Gasteiger partial charge in [0, 0.05) is 52.6 Å². The van der Waals surface area contributed by atoms with Crippen LogP contribution in [0.25, 0.3) is 0 Å². The van der Waals surface area contributed by atoms with E-state index in [9.17, 15) is 0 Å². The van der Waals surface area contributed by atoms with E-state index < -0.39 is 9.05 Å². The monoisotopic (exact) mass is 384 g/mol. The van der Waals surface area contributed by atoms with E-state index in [4.69, 9.17) is 17.7 Å². The molecule has 0 aromatic rings. The molecule has 0 saturated heterocycles. The number of hydrogen-bond donors (Lipinski definition) is 0. The molecule has 5 nitrogen and oxygen atoms in total. The van der Waals surface area contributed by atoms with Gasteiger partial charge in [0.05, 0.1) is 23.7 Å². The molecule has 0 saturated carbocycles. The average molecular weight is 386 g/mol. The normalized spacial score (nSPS) is 10.2. The van der Waals surface area contributed by atoms with Crippen molar-refractivity contribution in [2.45, 2.75) is 27.7 Å². The number of halogens is 2. The topological polar surface area (TPSA) is 46.2 Å². The molecule has 0 rings (SSSR count). The van der Waals surface area contributed by atoms with Crippen molar-refractivity contribution < 1.29 is 47.7 Å². The van der Waals surface area contributed by atoms with Crippen LogP contribution in [0.1, 0.15) is 27.7 Å². The van der Waals surface area contributed by atoms with Crippen molar-refractivity contribution in [3.8, 4) is 0 Å². The van der Waals surface area contributed by atoms with Gasteiger partial charge >= 0.3 is 9.05 Å². The molecule has 0 radical (unpaired) electrons. The van der Waals surface area contributed by atoms with Crippen LogP contribution < -0.4 is 0 Å². The molecular formula is C8H20Cl2O5SiZr. The average Bonchev–Trinajstić information content (AvgIpc) is 2.20. The molecule has 0 aliphatic rings. The summed E-state index contributed by atoms with van der Waals surface area (Å²) < 4.78 is 24.9. The summed E-state index contributed by atoms with van der Waals surface area (Å²) in [7, 11) is -2.80. The Labute approximate surface area is 134 Å². The summed E-state index contributed by atoms with van der Waals surface area (Å²) >= 11 is 8.53. The van der Waals surface area contributed by atoms with Crippen LogP contribution in [0.5, 0.6) is 0 Å². The fourth-order valence-corrected chi connectivity index (χ4v) is 2.87. The van der Waals surface area contributed by atoms with Gasteiger partial charge in [-0.05, 0) is 27.7 Å². The fraction of sp³-hybridized carbons (Fsp3) is 1.00. The molecule has 0 unspecified atom stereocenters. The molecule has 0 aromatic heterocycles. The van der Waals surface area contributed by atoms with Gasteiger partial charge in [-0.2, -0.15) is 3.84 Å². The van der Waals surface area contributed by atoms with Crippen LogP contribution in [-0.2, 0) is 47.7 Å². The van der Waals surface area contributed by atoms with Crippen LogP contribution in [0.2, 0.25) is 0 Å². The zero-order valence-corrected chi connectivity index (χ0v) is 15.6. The first-order valence-corrected chi connectivity index (χ1v) is 7.36. The van der Waals surface area contributed by atoms with Crippen molar-refractivity contribution in [1.82, 2.24) is 0 Å². The van der Waals surface area contributed by atoms with E-state index in [1.807, 2.05) is 27.7 Å². The third-order valence-electron chi connectivity index (χ3n) is 1.28. The Kier molecular flexibility index (Phi) is 24.2. The minimum Gasteiger partial charge on any atom is -0.351 e. The zero-order valence-electron chi connectivity index (χ0n) is 10.6. The van der Waals surface area contributed by atoms with Gasteiger partial charge in [-0.15, -0.1) is 0 Å². The molecule has 104 valence electrons. The first-order valence-electron chi connectivity index (χ1n) is 5.11. The van der Waals surface area contributed by atoms with E-state index in [2.05, 4.69) is 27.6 Å². The van der Waals surface area contributed by atoms with Gasteiger partial charge in [-0.3, -0.25) is 0 Å². The molecule has 0 amide bonds. The zero-order chi connectivity index (χ0) is 12.9. The van der Waals surface area contributed by atoms with Crippen molar-refractivity contribution in [3.63, 3.8) is 0 Å². The Morgan fingerprint density at radius 1 is 0.706 bits per heavy atom. The molecule has 0 aliphatic heterocycles. The van der Waals surface area contributed by atoms with E-state index >= 15 is 0 Å². The van der Waals surface area contributed by atoms with Crippen molar-refractivity contribution in [2.24, 2.45) is 0 Å². The van der Waals surface area contributed by atoms with Gasteiger partial charge in [0.1, 0.15) is 0 Å². The molecule has 9 heteroatoms. The molecule has 0 bridgehead atoms. The Hall–Kier alpha value is 1.48. The summed E-state index contributed by atoms with van der Waals surface area (Å²) in [6.07, 6.45) is 0. The Balaban J connectivity index is -0.000000440. The van der Waals surface area contributed by atoms with Gasteiger partial charge in [-0.25, -0.2) is 0 Å². The molecule has 0 fully saturated rings. The van der Waals surface area contributed by atoms with E-state index in [0.717, 1.165) is 0 Å². The van der Waals surface area contributed by atoms with Gasteiger partial charge in [0.15, 0.2) is 0 Å². The largest absolute Gasteiger partial charge is 0.679 e. The van der Waals surface area contributed by atoms with Crippen molar-refractivity contribution in [3.05, 3.63) is 0 Å². The van der Waals surface area contributed by atoms with Gasteiger partial charge in [-0.1, -0.05) is 0 Å². The van der Waals surface area contributed by atoms with Crippen molar-refractivity contribution in [1.29, 1.82) is 0 Å². The maximum absolute atomic E-state index is 5.42. The van der Waals surface area contributed by atoms with E-state index in [1.54, 1.807) is 0 Å². The van der Waals surface area contributed by atoms with Crippen LogP contribution in [-0.4, -0.2) is 35.5 Å². The molecule has 0 aromatic carbocycles. The molecule has 0 heterocycles. The predicted octanol–water partition coefficient (Wildman–Crippen LogP) is 2.88. The first kappa shape index (κ1) is 23.6. The Morgan fingerprint density at radius 2 is 0.882 bits per heavy atom. The summed E-state index contributed by atoms with van der Waals surface area (Å²) in [4.78, 5) is 0. The minimum absolute atomic E-state index is 0. The van der Waals surface area contributed by atoms with Crippen molar-refractivity contribution in [2.75, 3.05) is 26.4 Å². The third-order valence-corrected chi connectivity index (χ3v) is 3.85. The second kappa shape index (κ2) is 17.5. The standard InChI is InChI=1S/C8H20O4Si.Cl2O.Zr/c1-5-9-13(10-6-2,11-7-3)12-8-4;1-3-2;/h5-8H2,1-4H3;;. The van der Waals surface area contributed by atoms with E-state index in [1.165, 1.54) is 0 Å². The maximum Gasteiger partial charge on any atom is 0.679 e. The van der Waals surface area contributed by atoms with Crippen LogP contribution in [0.4, 0.5) is 0 Å². The first-order chi connectivity index (χ1) is 7.66. The van der Waals surface area contributed by atoms with Crippen LogP contribution >= 0.6 is 23.7 Å². The summed E-state index contributed by atoms with van der Waals surface area (Å²) in [5, 5.41) is 0. The number of hydrogen-bond acceptors (Lipinski definition) is 5. The maximum atomic E-state index is 5.42. The van der Waals surface area contributed by atoms with Gasteiger partial charge in [0.2, 0.25) is 0 Å². The molecule has 0 aliphatic carbocycles. The van der Waals surface area contributed by atoms with Gasteiger partial charge < -0.3 is 17.7 Å². The molecule has 0 atom stereocenters. The Bertz CT molecular complexity index is 118. The van der Waals surface area contributed by atoms with E-state index in [0.29, 0.717) is 26.4 Å². The molecule has 0 N–H and O–H groups in total. The van der Waals surface area contributed by atoms with Crippen LogP contribution in [0.15, 0.2) is 0 Å². The van der Waals surface area contributed by atoms with E-state index in [-0.39, 0.29) is 26.2 Å². The fourth-order valence-electron chi connectivity index (χ4n) is 0.957. The number of rotatable bonds is 8. The second-order valence-corrected chi connectivity index (χ2v) is 4.91. The van der Waals surface area contributed by atoms with Gasteiger partial charge in [0.25, 0.3) is 0 Å². The predicted molar refractivity (Wildman–Crippen MR) is 65.0 cm³/mol. The second-order valence-electron chi connectivity index (χ2n) is 2.29. The summed E-state index contributed by atoms with van der Waals surface area (Å²) in [5.41, 5.74) is 0. The minimum atomic E-state index is -2.80.